The fraction of sp³-hybridized carbons (Fsp3) is 0.571. The van der Waals surface area contributed by atoms with Crippen molar-refractivity contribution in [2.24, 2.45) is 5.41 Å². The van der Waals surface area contributed by atoms with Crippen molar-refractivity contribution in [2.45, 2.75) is 39.8 Å². The number of nitrogens with zero attached hydrogens (tertiary/aromatic N) is 3. The van der Waals surface area contributed by atoms with Crippen molar-refractivity contribution in [3.63, 3.8) is 0 Å². The molecule has 3 heterocycles. The number of nitrogens with one attached hydrogen (secondary N) is 1. The predicted octanol–water partition coefficient (Wildman–Crippen LogP) is 2.62. The summed E-state index contributed by atoms with van der Waals surface area (Å²) in [7, 11) is 0. The summed E-state index contributed by atoms with van der Waals surface area (Å²) in [5.41, 5.74) is 1.48. The van der Waals surface area contributed by atoms with Gasteiger partial charge in [-0.15, -0.1) is 10.2 Å². The molecule has 1 aliphatic heterocycles. The molecule has 5 heteroatoms. The van der Waals surface area contributed by atoms with Gasteiger partial charge in [0, 0.05) is 19.5 Å². The van der Waals surface area contributed by atoms with Crippen molar-refractivity contribution in [1.29, 1.82) is 0 Å². The smallest absolute Gasteiger partial charge is 0.150 e. The lowest BCUT2D eigenvalue weighted by atomic mass is 9.85. The van der Waals surface area contributed by atoms with Gasteiger partial charge in [0.1, 0.15) is 5.82 Å². The van der Waals surface area contributed by atoms with E-state index < -0.39 is 0 Å². The molecule has 1 aliphatic rings. The van der Waals surface area contributed by atoms with Crippen molar-refractivity contribution >= 4 is 11.3 Å². The lowest BCUT2D eigenvalue weighted by Gasteiger charge is -2.34. The molecule has 0 aliphatic carbocycles. The monoisotopic (exact) mass is 276 g/mol. The van der Waals surface area contributed by atoms with Gasteiger partial charge in [-0.1, -0.05) is 20.8 Å². The Morgan fingerprint density at radius 3 is 2.95 bits per heavy atom. The Morgan fingerprint density at radius 2 is 2.26 bits per heavy atom. The van der Waals surface area contributed by atoms with Crippen LogP contribution in [-0.2, 0) is 13.0 Å². The van der Waals surface area contributed by atoms with E-state index in [4.69, 9.17) is 0 Å². The molecular weight excluding hydrogens is 256 g/mol. The van der Waals surface area contributed by atoms with E-state index >= 15 is 0 Å². The number of thiophene rings is 1. The van der Waals surface area contributed by atoms with Gasteiger partial charge in [-0.2, -0.15) is 11.3 Å². The standard InChI is InChI=1S/C14H20N4S/c1-14(2,3)12-13-17-16-11(18(13)6-5-15-12)8-10-4-7-19-9-10/h4,7,9,12,15H,5-6,8H2,1-3H3. The molecule has 1 unspecified atom stereocenters. The summed E-state index contributed by atoms with van der Waals surface area (Å²) in [6.45, 7) is 8.69. The molecule has 3 rings (SSSR count). The Kier molecular flexibility index (Phi) is 3.19. The van der Waals surface area contributed by atoms with E-state index in [-0.39, 0.29) is 11.5 Å². The third kappa shape index (κ3) is 2.44. The lowest BCUT2D eigenvalue weighted by Crippen LogP contribution is -2.41. The van der Waals surface area contributed by atoms with Crippen molar-refractivity contribution in [3.8, 4) is 0 Å². The van der Waals surface area contributed by atoms with E-state index in [1.807, 2.05) is 0 Å². The third-order valence-corrected chi connectivity index (χ3v) is 4.34. The van der Waals surface area contributed by atoms with E-state index in [0.29, 0.717) is 0 Å². The molecule has 2 aromatic rings. The van der Waals surface area contributed by atoms with Crippen LogP contribution in [0.15, 0.2) is 16.8 Å². The minimum atomic E-state index is 0.158. The number of hydrogen-bond acceptors (Lipinski definition) is 4. The Bertz CT molecular complexity index is 551. The summed E-state index contributed by atoms with van der Waals surface area (Å²) in [6.07, 6.45) is 0.882. The van der Waals surface area contributed by atoms with Crippen LogP contribution < -0.4 is 5.32 Å². The highest BCUT2D eigenvalue weighted by Crippen LogP contribution is 2.33. The summed E-state index contributed by atoms with van der Waals surface area (Å²) >= 11 is 1.73. The highest BCUT2D eigenvalue weighted by Gasteiger charge is 2.33. The number of rotatable bonds is 2. The molecule has 2 aromatic heterocycles. The van der Waals surface area contributed by atoms with Crippen LogP contribution in [0.1, 0.15) is 44.0 Å². The minimum Gasteiger partial charge on any atom is -0.312 e. The van der Waals surface area contributed by atoms with Gasteiger partial charge in [0.15, 0.2) is 5.82 Å². The average molecular weight is 276 g/mol. The van der Waals surface area contributed by atoms with E-state index in [2.05, 4.69) is 57.7 Å². The first-order chi connectivity index (χ1) is 9.05. The van der Waals surface area contributed by atoms with E-state index in [0.717, 1.165) is 31.2 Å². The second-order valence-corrected chi connectivity index (χ2v) is 6.97. The Hall–Kier alpha value is -1.20. The molecule has 1 atom stereocenters. The van der Waals surface area contributed by atoms with Gasteiger partial charge in [0.25, 0.3) is 0 Å². The molecular formula is C14H20N4S. The summed E-state index contributed by atoms with van der Waals surface area (Å²) in [4.78, 5) is 0. The first kappa shape index (κ1) is 12.8. The van der Waals surface area contributed by atoms with Crippen LogP contribution in [0.5, 0.6) is 0 Å². The molecule has 4 nitrogen and oxygen atoms in total. The zero-order chi connectivity index (χ0) is 13.5. The predicted molar refractivity (Wildman–Crippen MR) is 77.3 cm³/mol. The first-order valence-corrected chi connectivity index (χ1v) is 7.66. The van der Waals surface area contributed by atoms with Crippen molar-refractivity contribution in [1.82, 2.24) is 20.1 Å². The molecule has 0 amide bonds. The molecule has 102 valence electrons. The Balaban J connectivity index is 1.92. The molecule has 1 N–H and O–H groups in total. The molecule has 0 aromatic carbocycles. The SMILES string of the molecule is CC(C)(C)C1NCCn2c(Cc3ccsc3)nnc21. The zero-order valence-electron chi connectivity index (χ0n) is 11.7. The quantitative estimate of drug-likeness (QED) is 0.917. The lowest BCUT2D eigenvalue weighted by molar-refractivity contribution is 0.232. The van der Waals surface area contributed by atoms with Crippen molar-refractivity contribution in [3.05, 3.63) is 34.0 Å². The molecule has 0 saturated carbocycles. The van der Waals surface area contributed by atoms with Gasteiger partial charge in [0.05, 0.1) is 6.04 Å². The second kappa shape index (κ2) is 4.72. The van der Waals surface area contributed by atoms with Crippen molar-refractivity contribution < 1.29 is 0 Å². The van der Waals surface area contributed by atoms with Crippen LogP contribution in [0.3, 0.4) is 0 Å². The van der Waals surface area contributed by atoms with Crippen LogP contribution in [0.4, 0.5) is 0 Å². The fourth-order valence-corrected chi connectivity index (χ4v) is 3.29. The summed E-state index contributed by atoms with van der Waals surface area (Å²) in [6, 6.07) is 2.44. The largest absolute Gasteiger partial charge is 0.312 e. The topological polar surface area (TPSA) is 42.7 Å². The van der Waals surface area contributed by atoms with E-state index in [1.54, 1.807) is 11.3 Å². The van der Waals surface area contributed by atoms with Crippen molar-refractivity contribution in [2.75, 3.05) is 6.54 Å². The van der Waals surface area contributed by atoms with Crippen LogP contribution in [0.25, 0.3) is 0 Å². The molecule has 0 spiro atoms. The van der Waals surface area contributed by atoms with Gasteiger partial charge in [-0.25, -0.2) is 0 Å². The number of fused-ring (bicyclic) bond motifs is 1. The van der Waals surface area contributed by atoms with Crippen LogP contribution in [-0.4, -0.2) is 21.3 Å². The maximum atomic E-state index is 4.44. The second-order valence-electron chi connectivity index (χ2n) is 6.19. The highest BCUT2D eigenvalue weighted by atomic mass is 32.1. The van der Waals surface area contributed by atoms with Gasteiger partial charge < -0.3 is 9.88 Å². The van der Waals surface area contributed by atoms with E-state index in [1.165, 1.54) is 5.56 Å². The third-order valence-electron chi connectivity index (χ3n) is 3.61. The van der Waals surface area contributed by atoms with Gasteiger partial charge in [-0.05, 0) is 27.8 Å². The first-order valence-electron chi connectivity index (χ1n) is 6.72. The number of aromatic nitrogens is 3. The maximum Gasteiger partial charge on any atom is 0.150 e. The Morgan fingerprint density at radius 1 is 1.42 bits per heavy atom. The fourth-order valence-electron chi connectivity index (χ4n) is 2.62. The molecule has 19 heavy (non-hydrogen) atoms. The normalized spacial score (nSPS) is 19.4. The van der Waals surface area contributed by atoms with Gasteiger partial charge in [-0.3, -0.25) is 0 Å². The number of hydrogen-bond donors (Lipinski definition) is 1. The molecule has 0 radical (unpaired) electrons. The van der Waals surface area contributed by atoms with Gasteiger partial charge in [0.2, 0.25) is 0 Å². The summed E-state index contributed by atoms with van der Waals surface area (Å²) < 4.78 is 2.30. The molecule has 0 saturated heterocycles. The van der Waals surface area contributed by atoms with E-state index in [9.17, 15) is 0 Å². The Labute approximate surface area is 117 Å². The molecule has 0 bridgehead atoms. The average Bonchev–Trinajstić information content (AvgIpc) is 2.98. The summed E-state index contributed by atoms with van der Waals surface area (Å²) in [5.74, 6) is 2.17. The van der Waals surface area contributed by atoms with Gasteiger partial charge >= 0.3 is 0 Å². The van der Waals surface area contributed by atoms with Crippen LogP contribution >= 0.6 is 11.3 Å². The minimum absolute atomic E-state index is 0.158. The molecule has 0 fully saturated rings. The van der Waals surface area contributed by atoms with Crippen LogP contribution in [0, 0.1) is 5.41 Å². The summed E-state index contributed by atoms with van der Waals surface area (Å²) in [5, 5.41) is 16.7. The van der Waals surface area contributed by atoms with Crippen LogP contribution in [0.2, 0.25) is 0 Å². The highest BCUT2D eigenvalue weighted by molar-refractivity contribution is 7.07. The zero-order valence-corrected chi connectivity index (χ0v) is 12.5. The maximum absolute atomic E-state index is 4.44.